The van der Waals surface area contributed by atoms with Crippen molar-refractivity contribution >= 4 is 16.0 Å². The molecule has 1 saturated heterocycles. The predicted molar refractivity (Wildman–Crippen MR) is 118 cm³/mol. The lowest BCUT2D eigenvalue weighted by Gasteiger charge is -2.22. The van der Waals surface area contributed by atoms with E-state index in [9.17, 15) is 8.42 Å². The van der Waals surface area contributed by atoms with E-state index in [0.717, 1.165) is 43.0 Å². The molecule has 2 aromatic rings. The molecule has 2 aromatic carbocycles. The number of nitrogens with one attached hydrogen (secondary N) is 2. The van der Waals surface area contributed by atoms with Crippen molar-refractivity contribution in [2.24, 2.45) is 10.9 Å². The van der Waals surface area contributed by atoms with Crippen LogP contribution in [0.25, 0.3) is 0 Å². The Bertz CT molecular complexity index is 929. The largest absolute Gasteiger partial charge is 0.352 e. The van der Waals surface area contributed by atoms with Crippen LogP contribution in [-0.2, 0) is 28.7 Å². The molecule has 156 valence electrons. The highest BCUT2D eigenvalue weighted by Crippen LogP contribution is 2.21. The maximum atomic E-state index is 11.8. The molecular formula is C22H30N4O2S. The number of likely N-dealkylation sites (tertiary alicyclic amines) is 1. The number of sulfonamides is 1. The van der Waals surface area contributed by atoms with Crippen LogP contribution in [0.3, 0.4) is 0 Å². The summed E-state index contributed by atoms with van der Waals surface area (Å²) in [7, 11) is -0.0281. The number of benzene rings is 2. The lowest BCUT2D eigenvalue weighted by molar-refractivity contribution is 0.460. The summed E-state index contributed by atoms with van der Waals surface area (Å²) in [6, 6.07) is 18.3. The molecule has 1 aliphatic rings. The van der Waals surface area contributed by atoms with E-state index in [4.69, 9.17) is 0 Å². The molecule has 6 nitrogen and oxygen atoms in total. The lowest BCUT2D eigenvalue weighted by atomic mass is 9.99. The molecule has 0 bridgehead atoms. The van der Waals surface area contributed by atoms with Crippen LogP contribution >= 0.6 is 0 Å². The zero-order valence-corrected chi connectivity index (χ0v) is 18.0. The first-order valence-corrected chi connectivity index (χ1v) is 11.6. The fraction of sp³-hybridized carbons (Fsp3) is 0.409. The Kier molecular flexibility index (Phi) is 7.28. The van der Waals surface area contributed by atoms with Gasteiger partial charge >= 0.3 is 0 Å². The topological polar surface area (TPSA) is 73.8 Å². The minimum atomic E-state index is -3.27. The van der Waals surface area contributed by atoms with Crippen molar-refractivity contribution in [3.8, 4) is 0 Å². The summed E-state index contributed by atoms with van der Waals surface area (Å²) in [5, 5.41) is 3.43. The Morgan fingerprint density at radius 3 is 2.55 bits per heavy atom. The van der Waals surface area contributed by atoms with Gasteiger partial charge in [-0.2, -0.15) is 0 Å². The molecule has 1 atom stereocenters. The average Bonchev–Trinajstić information content (AvgIpc) is 3.17. The summed E-state index contributed by atoms with van der Waals surface area (Å²) in [5.41, 5.74) is 3.20. The van der Waals surface area contributed by atoms with Gasteiger partial charge in [0.25, 0.3) is 0 Å². The highest BCUT2D eigenvalue weighted by atomic mass is 32.2. The summed E-state index contributed by atoms with van der Waals surface area (Å²) < 4.78 is 25.9. The number of aliphatic imine (C=N–C) groups is 1. The van der Waals surface area contributed by atoms with Crippen molar-refractivity contribution in [2.45, 2.75) is 25.1 Å². The number of hydrogen-bond donors (Lipinski definition) is 2. The SMILES string of the molecule is CN=C(NCc1cccc(CS(=O)(=O)NC)c1)N1CCC(Cc2ccccc2)C1. The van der Waals surface area contributed by atoms with Gasteiger partial charge in [0.1, 0.15) is 0 Å². The van der Waals surface area contributed by atoms with Gasteiger partial charge in [-0.25, -0.2) is 13.1 Å². The van der Waals surface area contributed by atoms with Gasteiger partial charge in [-0.15, -0.1) is 0 Å². The second kappa shape index (κ2) is 9.89. The number of hydrogen-bond acceptors (Lipinski definition) is 3. The zero-order chi connectivity index (χ0) is 20.7. The molecule has 0 aliphatic carbocycles. The van der Waals surface area contributed by atoms with Gasteiger partial charge in [-0.1, -0.05) is 54.6 Å². The second-order valence-corrected chi connectivity index (χ2v) is 9.40. The van der Waals surface area contributed by atoms with E-state index in [-0.39, 0.29) is 5.75 Å². The minimum absolute atomic E-state index is 0.0145. The normalized spacial score (nSPS) is 17.5. The molecule has 1 aliphatic heterocycles. The smallest absolute Gasteiger partial charge is 0.215 e. The molecule has 7 heteroatoms. The van der Waals surface area contributed by atoms with Crippen molar-refractivity contribution in [3.63, 3.8) is 0 Å². The van der Waals surface area contributed by atoms with Crippen molar-refractivity contribution in [3.05, 3.63) is 71.3 Å². The summed E-state index contributed by atoms with van der Waals surface area (Å²) in [6.07, 6.45) is 2.25. The fourth-order valence-electron chi connectivity index (χ4n) is 3.77. The Morgan fingerprint density at radius 1 is 1.10 bits per heavy atom. The summed E-state index contributed by atoms with van der Waals surface area (Å²) in [6.45, 7) is 2.60. The minimum Gasteiger partial charge on any atom is -0.352 e. The number of rotatable bonds is 7. The molecule has 0 aromatic heterocycles. The van der Waals surface area contributed by atoms with Crippen molar-refractivity contribution < 1.29 is 8.42 Å². The van der Waals surface area contributed by atoms with Gasteiger partial charge in [0, 0.05) is 26.7 Å². The molecule has 1 fully saturated rings. The van der Waals surface area contributed by atoms with Gasteiger partial charge in [-0.05, 0) is 42.5 Å². The molecule has 1 heterocycles. The third kappa shape index (κ3) is 6.30. The number of guanidine groups is 1. The third-order valence-electron chi connectivity index (χ3n) is 5.27. The molecule has 0 saturated carbocycles. The van der Waals surface area contributed by atoms with Gasteiger partial charge in [0.2, 0.25) is 10.0 Å². The second-order valence-electron chi connectivity index (χ2n) is 7.47. The van der Waals surface area contributed by atoms with Gasteiger partial charge in [-0.3, -0.25) is 4.99 Å². The molecule has 1 unspecified atom stereocenters. The average molecular weight is 415 g/mol. The molecule has 0 radical (unpaired) electrons. The molecule has 2 N–H and O–H groups in total. The van der Waals surface area contributed by atoms with Crippen molar-refractivity contribution in [1.82, 2.24) is 14.9 Å². The zero-order valence-electron chi connectivity index (χ0n) is 17.1. The Balaban J connectivity index is 1.55. The van der Waals surface area contributed by atoms with Crippen molar-refractivity contribution in [1.29, 1.82) is 0 Å². The van der Waals surface area contributed by atoms with Gasteiger partial charge in [0.05, 0.1) is 5.75 Å². The first-order valence-electron chi connectivity index (χ1n) is 9.97. The van der Waals surface area contributed by atoms with Crippen LogP contribution in [-0.4, -0.2) is 46.5 Å². The highest BCUT2D eigenvalue weighted by molar-refractivity contribution is 7.88. The molecule has 29 heavy (non-hydrogen) atoms. The van der Waals surface area contributed by atoms with E-state index in [1.54, 1.807) is 0 Å². The van der Waals surface area contributed by atoms with E-state index in [2.05, 4.69) is 50.3 Å². The monoisotopic (exact) mass is 414 g/mol. The first-order chi connectivity index (χ1) is 14.0. The van der Waals surface area contributed by atoms with E-state index in [0.29, 0.717) is 12.5 Å². The van der Waals surface area contributed by atoms with Crippen molar-refractivity contribution in [2.75, 3.05) is 27.2 Å². The summed E-state index contributed by atoms with van der Waals surface area (Å²) >= 11 is 0. The van der Waals surface area contributed by atoms with Gasteiger partial charge in [0.15, 0.2) is 5.96 Å². The maximum Gasteiger partial charge on any atom is 0.215 e. The molecule has 3 rings (SSSR count). The highest BCUT2D eigenvalue weighted by Gasteiger charge is 2.24. The first kappa shape index (κ1) is 21.3. The maximum absolute atomic E-state index is 11.8. The lowest BCUT2D eigenvalue weighted by Crippen LogP contribution is -2.39. The standard InChI is InChI=1S/C22H30N4O2S/c1-23-22(26-12-11-20(16-26)13-18-7-4-3-5-8-18)25-15-19-9-6-10-21(14-19)17-29(27,28)24-2/h3-10,14,20,24H,11-13,15-17H2,1-2H3,(H,23,25). The quantitative estimate of drug-likeness (QED) is 0.539. The third-order valence-corrected chi connectivity index (χ3v) is 6.61. The number of nitrogens with zero attached hydrogens (tertiary/aromatic N) is 2. The van der Waals surface area contributed by atoms with Crippen LogP contribution < -0.4 is 10.0 Å². The fourth-order valence-corrected chi connectivity index (χ4v) is 4.54. The summed E-state index contributed by atoms with van der Waals surface area (Å²) in [5.74, 6) is 1.51. The summed E-state index contributed by atoms with van der Waals surface area (Å²) in [4.78, 5) is 6.76. The van der Waals surface area contributed by atoms with E-state index in [1.807, 2.05) is 31.3 Å². The van der Waals surface area contributed by atoms with E-state index < -0.39 is 10.0 Å². The van der Waals surface area contributed by atoms with Crippen LogP contribution in [0, 0.1) is 5.92 Å². The van der Waals surface area contributed by atoms with Crippen LogP contribution in [0.1, 0.15) is 23.1 Å². The Morgan fingerprint density at radius 2 is 1.83 bits per heavy atom. The van der Waals surface area contributed by atoms with Crippen LogP contribution in [0.5, 0.6) is 0 Å². The van der Waals surface area contributed by atoms with Crippen LogP contribution in [0.4, 0.5) is 0 Å². The van der Waals surface area contributed by atoms with E-state index in [1.165, 1.54) is 12.6 Å². The molecular weight excluding hydrogens is 384 g/mol. The van der Waals surface area contributed by atoms with Crippen LogP contribution in [0.2, 0.25) is 0 Å². The Labute approximate surface area is 174 Å². The molecule has 0 spiro atoms. The Hall–Kier alpha value is -2.38. The predicted octanol–water partition coefficient (Wildman–Crippen LogP) is 2.38. The van der Waals surface area contributed by atoms with Gasteiger partial charge < -0.3 is 10.2 Å². The van der Waals surface area contributed by atoms with Crippen LogP contribution in [0.15, 0.2) is 59.6 Å². The van der Waals surface area contributed by atoms with E-state index >= 15 is 0 Å². The molecule has 0 amide bonds.